The van der Waals surface area contributed by atoms with Gasteiger partial charge in [0.15, 0.2) is 0 Å². The molecule has 152 valence electrons. The average molecular weight is 357 g/mol. The molecule has 3 N–H and O–H groups in total. The Bertz CT molecular complexity index is 230. The quantitative estimate of drug-likeness (QED) is 0.312. The van der Waals surface area contributed by atoms with Gasteiger partial charge in [-0.05, 0) is 58.2 Å². The summed E-state index contributed by atoms with van der Waals surface area (Å²) in [5.41, 5.74) is 0. The van der Waals surface area contributed by atoms with E-state index in [4.69, 9.17) is 0 Å². The third-order valence-electron chi connectivity index (χ3n) is 4.66. The monoisotopic (exact) mass is 356 g/mol. The van der Waals surface area contributed by atoms with Gasteiger partial charge in [0.2, 0.25) is 0 Å². The van der Waals surface area contributed by atoms with E-state index in [1.807, 2.05) is 0 Å². The summed E-state index contributed by atoms with van der Waals surface area (Å²) in [5, 5.41) is 11.5. The fourth-order valence-electron chi connectivity index (χ4n) is 3.47. The van der Waals surface area contributed by atoms with Gasteiger partial charge in [-0.25, -0.2) is 0 Å². The number of hydrogen-bond acceptors (Lipinski definition) is 4. The number of nitrogens with one attached hydrogen (secondary N) is 3. The Balaban J connectivity index is 5.47. The van der Waals surface area contributed by atoms with Crippen LogP contribution in [0.15, 0.2) is 0 Å². The molecule has 0 aliphatic rings. The molecule has 0 spiro atoms. The Morgan fingerprint density at radius 1 is 0.480 bits per heavy atom. The predicted octanol–water partition coefficient (Wildman–Crippen LogP) is 4.67. The van der Waals surface area contributed by atoms with Crippen molar-refractivity contribution < 1.29 is 0 Å². The van der Waals surface area contributed by atoms with Gasteiger partial charge in [0.05, 0.1) is 18.5 Å². The molecule has 0 heterocycles. The molecule has 25 heavy (non-hydrogen) atoms. The molecule has 0 saturated heterocycles. The van der Waals surface area contributed by atoms with Gasteiger partial charge in [0.25, 0.3) is 0 Å². The molecule has 0 rings (SSSR count). The van der Waals surface area contributed by atoms with Crippen molar-refractivity contribution >= 4 is 0 Å². The van der Waals surface area contributed by atoms with Crippen LogP contribution in [0.5, 0.6) is 0 Å². The summed E-state index contributed by atoms with van der Waals surface area (Å²) in [6, 6.07) is 0. The zero-order valence-corrected chi connectivity index (χ0v) is 18.2. The second kappa shape index (κ2) is 17.3. The molecular weight excluding hydrogens is 308 g/mol. The summed E-state index contributed by atoms with van der Waals surface area (Å²) in [6.07, 6.45) is 12.2. The maximum atomic E-state index is 3.85. The Morgan fingerprint density at radius 2 is 0.760 bits per heavy atom. The van der Waals surface area contributed by atoms with Gasteiger partial charge in [0, 0.05) is 0 Å². The highest BCUT2D eigenvalue weighted by Gasteiger charge is 2.30. The SMILES string of the molecule is CCCNC(CCC)N(C(CCC)NCCC)C(CCC)NCCC. The third-order valence-corrected chi connectivity index (χ3v) is 4.66. The van der Waals surface area contributed by atoms with Crippen LogP contribution < -0.4 is 16.0 Å². The first kappa shape index (κ1) is 24.8. The lowest BCUT2D eigenvalue weighted by Gasteiger charge is -2.44. The first-order valence-corrected chi connectivity index (χ1v) is 11.2. The van der Waals surface area contributed by atoms with Crippen LogP contribution >= 0.6 is 0 Å². The van der Waals surface area contributed by atoms with E-state index in [2.05, 4.69) is 62.4 Å². The highest BCUT2D eigenvalue weighted by atomic mass is 15.4. The molecule has 0 saturated carbocycles. The molecule has 0 bridgehead atoms. The zero-order chi connectivity index (χ0) is 18.9. The molecule has 0 aliphatic heterocycles. The van der Waals surface area contributed by atoms with Crippen LogP contribution in [0.1, 0.15) is 99.3 Å². The molecule has 4 nitrogen and oxygen atoms in total. The summed E-state index contributed by atoms with van der Waals surface area (Å²) in [5.74, 6) is 0. The lowest BCUT2D eigenvalue weighted by molar-refractivity contribution is 0.0128. The molecule has 0 radical (unpaired) electrons. The van der Waals surface area contributed by atoms with E-state index in [1.165, 1.54) is 57.8 Å². The average Bonchev–Trinajstić information content (AvgIpc) is 2.62. The van der Waals surface area contributed by atoms with Crippen LogP contribution in [-0.2, 0) is 0 Å². The van der Waals surface area contributed by atoms with Crippen LogP contribution in [0.2, 0.25) is 0 Å². The van der Waals surface area contributed by atoms with Crippen LogP contribution in [0, 0.1) is 0 Å². The first-order valence-electron chi connectivity index (χ1n) is 11.2. The summed E-state index contributed by atoms with van der Waals surface area (Å²) >= 11 is 0. The van der Waals surface area contributed by atoms with Crippen LogP contribution in [0.3, 0.4) is 0 Å². The zero-order valence-electron chi connectivity index (χ0n) is 18.2. The summed E-state index contributed by atoms with van der Waals surface area (Å²) in [7, 11) is 0. The summed E-state index contributed by atoms with van der Waals surface area (Å²) in [4.78, 5) is 2.75. The molecule has 0 fully saturated rings. The smallest absolute Gasteiger partial charge is 0.0625 e. The lowest BCUT2D eigenvalue weighted by atomic mass is 10.1. The molecule has 0 aromatic carbocycles. The molecule has 3 unspecified atom stereocenters. The Morgan fingerprint density at radius 3 is 0.960 bits per heavy atom. The number of hydrogen-bond donors (Lipinski definition) is 3. The Hall–Kier alpha value is -0.160. The highest BCUT2D eigenvalue weighted by Crippen LogP contribution is 2.18. The highest BCUT2D eigenvalue weighted by molar-refractivity contribution is 4.82. The van der Waals surface area contributed by atoms with E-state index in [-0.39, 0.29) is 0 Å². The van der Waals surface area contributed by atoms with Crippen molar-refractivity contribution in [2.75, 3.05) is 19.6 Å². The van der Waals surface area contributed by atoms with Crippen molar-refractivity contribution in [3.05, 3.63) is 0 Å². The predicted molar refractivity (Wildman–Crippen MR) is 113 cm³/mol. The third kappa shape index (κ3) is 10.5. The molecule has 0 aromatic heterocycles. The summed E-state index contributed by atoms with van der Waals surface area (Å²) < 4.78 is 0. The van der Waals surface area contributed by atoms with E-state index < -0.39 is 0 Å². The standard InChI is InChI=1S/C21H48N4/c1-7-13-19(22-16-10-4)25(20(14-8-2)23-17-11-5)21(15-9-3)24-18-12-6/h19-24H,7-18H2,1-6H3. The van der Waals surface area contributed by atoms with Crippen LogP contribution in [0.25, 0.3) is 0 Å². The molecule has 4 heteroatoms. The van der Waals surface area contributed by atoms with Gasteiger partial charge in [-0.3, -0.25) is 4.90 Å². The lowest BCUT2D eigenvalue weighted by Crippen LogP contribution is -2.63. The summed E-state index contributed by atoms with van der Waals surface area (Å²) in [6.45, 7) is 17.0. The second-order valence-electron chi connectivity index (χ2n) is 7.22. The molecule has 0 amide bonds. The van der Waals surface area contributed by atoms with Gasteiger partial charge in [-0.15, -0.1) is 0 Å². The van der Waals surface area contributed by atoms with Crippen molar-refractivity contribution in [1.29, 1.82) is 0 Å². The van der Waals surface area contributed by atoms with Crippen LogP contribution in [-0.4, -0.2) is 43.0 Å². The van der Waals surface area contributed by atoms with Gasteiger partial charge in [-0.1, -0.05) is 60.8 Å². The Kier molecular flexibility index (Phi) is 17.2. The van der Waals surface area contributed by atoms with Crippen molar-refractivity contribution in [3.8, 4) is 0 Å². The van der Waals surface area contributed by atoms with Crippen molar-refractivity contribution in [3.63, 3.8) is 0 Å². The number of nitrogens with zero attached hydrogens (tertiary/aromatic N) is 1. The maximum Gasteiger partial charge on any atom is 0.0625 e. The van der Waals surface area contributed by atoms with Gasteiger partial charge >= 0.3 is 0 Å². The normalized spacial score (nSPS) is 15.5. The topological polar surface area (TPSA) is 39.3 Å². The van der Waals surface area contributed by atoms with Crippen molar-refractivity contribution in [2.45, 2.75) is 118 Å². The van der Waals surface area contributed by atoms with Gasteiger partial charge < -0.3 is 16.0 Å². The van der Waals surface area contributed by atoms with Crippen molar-refractivity contribution in [1.82, 2.24) is 20.9 Å². The maximum absolute atomic E-state index is 3.85. The molecular formula is C21H48N4. The number of rotatable bonds is 18. The van der Waals surface area contributed by atoms with Gasteiger partial charge in [-0.2, -0.15) is 0 Å². The minimum Gasteiger partial charge on any atom is -0.302 e. The first-order chi connectivity index (χ1) is 12.2. The van der Waals surface area contributed by atoms with Crippen molar-refractivity contribution in [2.24, 2.45) is 0 Å². The molecule has 3 atom stereocenters. The van der Waals surface area contributed by atoms with Crippen LogP contribution in [0.4, 0.5) is 0 Å². The van der Waals surface area contributed by atoms with E-state index in [1.54, 1.807) is 0 Å². The van der Waals surface area contributed by atoms with E-state index >= 15 is 0 Å². The fourth-order valence-corrected chi connectivity index (χ4v) is 3.47. The minimum absolute atomic E-state index is 0.451. The van der Waals surface area contributed by atoms with Gasteiger partial charge in [0.1, 0.15) is 0 Å². The Labute approximate surface area is 158 Å². The second-order valence-corrected chi connectivity index (χ2v) is 7.22. The largest absolute Gasteiger partial charge is 0.302 e. The van der Waals surface area contributed by atoms with E-state index in [0.717, 1.165) is 19.6 Å². The van der Waals surface area contributed by atoms with E-state index in [0.29, 0.717) is 18.5 Å². The molecule has 0 aromatic rings. The molecule has 0 aliphatic carbocycles. The van der Waals surface area contributed by atoms with E-state index in [9.17, 15) is 0 Å². The minimum atomic E-state index is 0.451. The fraction of sp³-hybridized carbons (Fsp3) is 1.00.